The maximum Gasteiger partial charge on any atom is 0.267 e. The second-order valence-electron chi connectivity index (χ2n) is 9.95. The van der Waals surface area contributed by atoms with E-state index in [0.29, 0.717) is 29.6 Å². The summed E-state index contributed by atoms with van der Waals surface area (Å²) in [6.07, 6.45) is 14.3. The topological polar surface area (TPSA) is 103 Å². The Morgan fingerprint density at radius 2 is 1.71 bits per heavy atom. The van der Waals surface area contributed by atoms with Gasteiger partial charge >= 0.3 is 0 Å². The van der Waals surface area contributed by atoms with Gasteiger partial charge in [0.15, 0.2) is 0 Å². The molecule has 2 amide bonds. The number of amides is 2. The SMILES string of the molecule is CCn1ncc(C(C(=O)Nc2cc(F)c(Br)cn2)C(C2CCCCC2)C2CCCCC2)c1C(N)=O. The predicted octanol–water partition coefficient (Wildman–Crippen LogP) is 5.80. The minimum Gasteiger partial charge on any atom is -0.364 e. The molecule has 2 aliphatic carbocycles. The van der Waals surface area contributed by atoms with Gasteiger partial charge in [-0.3, -0.25) is 14.3 Å². The van der Waals surface area contributed by atoms with E-state index in [9.17, 15) is 14.0 Å². The zero-order valence-electron chi connectivity index (χ0n) is 20.3. The summed E-state index contributed by atoms with van der Waals surface area (Å²) in [4.78, 5) is 30.8. The number of anilines is 1. The standard InChI is InChI=1S/C26H35BrFN5O2/c1-2-33-24(25(29)34)18(14-31-33)23(26(35)32-21-13-20(28)19(27)15-30-21)22(16-9-5-3-6-10-16)17-11-7-4-8-12-17/h13-17,22-23H,2-12H2,1H3,(H2,29,34)(H,30,32,35). The molecule has 9 heteroatoms. The molecule has 1 atom stereocenters. The van der Waals surface area contributed by atoms with E-state index >= 15 is 0 Å². The molecule has 0 aliphatic heterocycles. The van der Waals surface area contributed by atoms with Crippen molar-refractivity contribution < 1.29 is 14.0 Å². The molecule has 0 radical (unpaired) electrons. The third-order valence-corrected chi connectivity index (χ3v) is 8.43. The Hall–Kier alpha value is -2.29. The normalized spacial score (nSPS) is 18.5. The van der Waals surface area contributed by atoms with Crippen LogP contribution in [-0.2, 0) is 11.3 Å². The summed E-state index contributed by atoms with van der Waals surface area (Å²) in [5.74, 6) is -1.02. The number of primary amides is 1. The van der Waals surface area contributed by atoms with Crippen molar-refractivity contribution in [3.8, 4) is 0 Å². The second-order valence-corrected chi connectivity index (χ2v) is 10.8. The molecule has 2 heterocycles. The highest BCUT2D eigenvalue weighted by Gasteiger charge is 2.43. The predicted molar refractivity (Wildman–Crippen MR) is 136 cm³/mol. The van der Waals surface area contributed by atoms with E-state index in [2.05, 4.69) is 31.3 Å². The van der Waals surface area contributed by atoms with Crippen LogP contribution in [0.25, 0.3) is 0 Å². The molecule has 4 rings (SSSR count). The van der Waals surface area contributed by atoms with Crippen LogP contribution in [0.15, 0.2) is 22.9 Å². The fraction of sp³-hybridized carbons (Fsp3) is 0.615. The van der Waals surface area contributed by atoms with Gasteiger partial charge in [0, 0.05) is 24.4 Å². The molecule has 0 saturated heterocycles. The molecule has 2 aromatic heterocycles. The van der Waals surface area contributed by atoms with E-state index < -0.39 is 17.6 Å². The Kier molecular flexibility index (Phi) is 8.57. The zero-order chi connectivity index (χ0) is 24.9. The van der Waals surface area contributed by atoms with Gasteiger partial charge < -0.3 is 11.1 Å². The summed E-state index contributed by atoms with van der Waals surface area (Å²) in [6, 6.07) is 1.21. The number of rotatable bonds is 8. The summed E-state index contributed by atoms with van der Waals surface area (Å²) >= 11 is 3.11. The summed E-state index contributed by atoms with van der Waals surface area (Å²) in [6.45, 7) is 2.37. The van der Waals surface area contributed by atoms with Crippen molar-refractivity contribution >= 4 is 33.6 Å². The fourth-order valence-electron chi connectivity index (χ4n) is 6.31. The number of nitrogens with two attached hydrogens (primary N) is 1. The van der Waals surface area contributed by atoms with Crippen molar-refractivity contribution in [2.45, 2.75) is 83.6 Å². The molecule has 0 aromatic carbocycles. The van der Waals surface area contributed by atoms with Crippen molar-refractivity contribution in [3.05, 3.63) is 40.0 Å². The van der Waals surface area contributed by atoms with Crippen molar-refractivity contribution in [1.82, 2.24) is 14.8 Å². The van der Waals surface area contributed by atoms with Crippen molar-refractivity contribution in [2.75, 3.05) is 5.32 Å². The maximum atomic E-state index is 14.2. The van der Waals surface area contributed by atoms with Crippen LogP contribution in [0.5, 0.6) is 0 Å². The first kappa shape index (κ1) is 25.8. The van der Waals surface area contributed by atoms with E-state index in [1.807, 2.05) is 6.92 Å². The minimum atomic E-state index is -0.613. The first-order valence-electron chi connectivity index (χ1n) is 12.9. The summed E-state index contributed by atoms with van der Waals surface area (Å²) in [7, 11) is 0. The smallest absolute Gasteiger partial charge is 0.267 e. The molecular formula is C26H35BrFN5O2. The molecule has 7 nitrogen and oxygen atoms in total. The number of carbonyl (C=O) groups excluding carboxylic acids is 2. The number of hydrogen-bond acceptors (Lipinski definition) is 4. The molecule has 2 aliphatic rings. The quantitative estimate of drug-likeness (QED) is 0.435. The van der Waals surface area contributed by atoms with Crippen LogP contribution in [0.1, 0.15) is 93.1 Å². The van der Waals surface area contributed by atoms with Crippen LogP contribution in [0.3, 0.4) is 0 Å². The molecule has 0 spiro atoms. The van der Waals surface area contributed by atoms with Gasteiger partial charge in [0.05, 0.1) is 16.6 Å². The summed E-state index contributed by atoms with van der Waals surface area (Å²) in [5, 5.41) is 7.28. The number of aromatic nitrogens is 3. The monoisotopic (exact) mass is 547 g/mol. The molecule has 0 bridgehead atoms. The highest BCUT2D eigenvalue weighted by atomic mass is 79.9. The third kappa shape index (κ3) is 5.76. The van der Waals surface area contributed by atoms with E-state index in [0.717, 1.165) is 51.4 Å². The van der Waals surface area contributed by atoms with Crippen LogP contribution in [0, 0.1) is 23.6 Å². The fourth-order valence-corrected chi connectivity index (χ4v) is 6.53. The molecule has 2 aromatic rings. The number of nitrogens with one attached hydrogen (secondary N) is 1. The Morgan fingerprint density at radius 1 is 1.11 bits per heavy atom. The lowest BCUT2D eigenvalue weighted by Gasteiger charge is -2.41. The molecular weight excluding hydrogens is 513 g/mol. The Bertz CT molecular complexity index is 1030. The Labute approximate surface area is 214 Å². The van der Waals surface area contributed by atoms with Gasteiger partial charge in [-0.05, 0) is 40.6 Å². The Morgan fingerprint density at radius 3 is 2.23 bits per heavy atom. The van der Waals surface area contributed by atoms with Crippen molar-refractivity contribution in [3.63, 3.8) is 0 Å². The van der Waals surface area contributed by atoms with Gasteiger partial charge in [0.2, 0.25) is 5.91 Å². The molecule has 190 valence electrons. The lowest BCUT2D eigenvalue weighted by Crippen LogP contribution is -2.39. The number of nitrogens with zero attached hydrogens (tertiary/aromatic N) is 3. The minimum absolute atomic E-state index is 0.0588. The van der Waals surface area contributed by atoms with Gasteiger partial charge in [-0.2, -0.15) is 5.10 Å². The van der Waals surface area contributed by atoms with Gasteiger partial charge in [0.1, 0.15) is 17.3 Å². The summed E-state index contributed by atoms with van der Waals surface area (Å²) < 4.78 is 16.0. The number of carbonyl (C=O) groups is 2. The highest BCUT2D eigenvalue weighted by molar-refractivity contribution is 9.10. The van der Waals surface area contributed by atoms with Gasteiger partial charge in [0.25, 0.3) is 5.91 Å². The van der Waals surface area contributed by atoms with Crippen LogP contribution in [0.4, 0.5) is 10.2 Å². The number of aryl methyl sites for hydroxylation is 1. The van der Waals surface area contributed by atoms with Crippen molar-refractivity contribution in [2.24, 2.45) is 23.5 Å². The zero-order valence-corrected chi connectivity index (χ0v) is 21.9. The lowest BCUT2D eigenvalue weighted by atomic mass is 9.63. The van der Waals surface area contributed by atoms with E-state index in [-0.39, 0.29) is 22.1 Å². The molecule has 2 fully saturated rings. The highest BCUT2D eigenvalue weighted by Crippen LogP contribution is 2.47. The van der Waals surface area contributed by atoms with E-state index in [1.165, 1.54) is 25.1 Å². The van der Waals surface area contributed by atoms with Gasteiger partial charge in [-0.1, -0.05) is 64.2 Å². The molecule has 3 N–H and O–H groups in total. The molecule has 1 unspecified atom stereocenters. The average molecular weight is 549 g/mol. The van der Waals surface area contributed by atoms with Gasteiger partial charge in [-0.15, -0.1) is 0 Å². The second kappa shape index (κ2) is 11.6. The maximum absolute atomic E-state index is 14.2. The first-order chi connectivity index (χ1) is 16.9. The number of hydrogen-bond donors (Lipinski definition) is 2. The van der Waals surface area contributed by atoms with Crippen LogP contribution < -0.4 is 11.1 Å². The average Bonchev–Trinajstić information content (AvgIpc) is 3.29. The van der Waals surface area contributed by atoms with Crippen LogP contribution in [0.2, 0.25) is 0 Å². The van der Waals surface area contributed by atoms with E-state index in [4.69, 9.17) is 5.73 Å². The largest absolute Gasteiger partial charge is 0.364 e. The van der Waals surface area contributed by atoms with Crippen molar-refractivity contribution in [1.29, 1.82) is 0 Å². The molecule has 2 saturated carbocycles. The van der Waals surface area contributed by atoms with Gasteiger partial charge in [-0.25, -0.2) is 9.37 Å². The third-order valence-electron chi connectivity index (χ3n) is 7.85. The van der Waals surface area contributed by atoms with Crippen LogP contribution >= 0.6 is 15.9 Å². The number of pyridine rings is 1. The van der Waals surface area contributed by atoms with E-state index in [1.54, 1.807) is 10.9 Å². The summed E-state index contributed by atoms with van der Waals surface area (Å²) in [5.41, 5.74) is 6.69. The number of halogens is 2. The van der Waals surface area contributed by atoms with Crippen LogP contribution in [-0.4, -0.2) is 26.6 Å². The molecule has 35 heavy (non-hydrogen) atoms. The Balaban J connectivity index is 1.79. The first-order valence-corrected chi connectivity index (χ1v) is 13.7. The lowest BCUT2D eigenvalue weighted by molar-refractivity contribution is -0.120.